The Morgan fingerprint density at radius 1 is 0.853 bits per heavy atom. The summed E-state index contributed by atoms with van der Waals surface area (Å²) < 4.78 is 5.90. The Balaban J connectivity index is 1.15. The largest absolute Gasteiger partial charge is 0.457 e. The normalized spacial score (nSPS) is 17.0. The number of carbonyl (C=O) groups is 1. The number of rotatable bonds is 5. The molecule has 3 heterocycles. The molecule has 0 spiro atoms. The van der Waals surface area contributed by atoms with E-state index >= 15 is 0 Å². The van der Waals surface area contributed by atoms with Crippen LogP contribution in [-0.2, 0) is 13.1 Å². The number of fused-ring (bicyclic) bond motifs is 2. The Bertz CT molecular complexity index is 1250. The van der Waals surface area contributed by atoms with Gasteiger partial charge in [0.15, 0.2) is 0 Å². The molecule has 0 aliphatic carbocycles. The topological polar surface area (TPSA) is 36.0 Å². The van der Waals surface area contributed by atoms with Gasteiger partial charge in [-0.3, -0.25) is 4.79 Å². The first-order chi connectivity index (χ1) is 16.6. The molecule has 3 aromatic rings. The summed E-state index contributed by atoms with van der Waals surface area (Å²) >= 11 is 0. The van der Waals surface area contributed by atoms with Gasteiger partial charge >= 0.3 is 0 Å². The second-order valence-corrected chi connectivity index (χ2v) is 9.41. The van der Waals surface area contributed by atoms with Crippen LogP contribution in [0.5, 0.6) is 11.5 Å². The molecular formula is C29H29N3O2. The Kier molecular flexibility index (Phi) is 5.25. The fraction of sp³-hybridized carbons (Fsp3) is 0.276. The first-order valence-corrected chi connectivity index (χ1v) is 12.1. The molecule has 0 radical (unpaired) electrons. The van der Waals surface area contributed by atoms with Gasteiger partial charge in [-0.1, -0.05) is 36.4 Å². The Hall–Kier alpha value is -3.73. The van der Waals surface area contributed by atoms with Gasteiger partial charge in [0, 0.05) is 49.7 Å². The predicted octanol–water partition coefficient (Wildman–Crippen LogP) is 5.35. The van der Waals surface area contributed by atoms with Gasteiger partial charge in [0.2, 0.25) is 0 Å². The number of carbonyl (C=O) groups excluding carboxylic acids is 1. The molecule has 6 rings (SSSR count). The quantitative estimate of drug-likeness (QED) is 0.524. The van der Waals surface area contributed by atoms with Crippen LogP contribution in [-0.4, -0.2) is 41.9 Å². The molecule has 5 nitrogen and oxygen atoms in total. The third kappa shape index (κ3) is 3.92. The van der Waals surface area contributed by atoms with Crippen molar-refractivity contribution in [3.8, 4) is 11.5 Å². The van der Waals surface area contributed by atoms with E-state index < -0.39 is 0 Å². The van der Waals surface area contributed by atoms with E-state index in [1.54, 1.807) is 0 Å². The van der Waals surface area contributed by atoms with Gasteiger partial charge in [0.25, 0.3) is 5.91 Å². The number of hydrogen-bond acceptors (Lipinski definition) is 4. The molecule has 1 fully saturated rings. The highest BCUT2D eigenvalue weighted by Crippen LogP contribution is 2.33. The maximum absolute atomic E-state index is 13.2. The Labute approximate surface area is 200 Å². The lowest BCUT2D eigenvalue weighted by Crippen LogP contribution is -2.43. The lowest BCUT2D eigenvalue weighted by atomic mass is 10.0. The van der Waals surface area contributed by atoms with Crippen molar-refractivity contribution >= 4 is 11.6 Å². The van der Waals surface area contributed by atoms with Gasteiger partial charge in [0.1, 0.15) is 11.5 Å². The van der Waals surface area contributed by atoms with E-state index in [-0.39, 0.29) is 5.91 Å². The summed E-state index contributed by atoms with van der Waals surface area (Å²) in [5.74, 6) is 1.74. The van der Waals surface area contributed by atoms with Gasteiger partial charge in [-0.2, -0.15) is 0 Å². The summed E-state index contributed by atoms with van der Waals surface area (Å²) in [5, 5.41) is 0. The van der Waals surface area contributed by atoms with Crippen molar-refractivity contribution in [2.45, 2.75) is 26.4 Å². The number of para-hydroxylation sites is 1. The van der Waals surface area contributed by atoms with Crippen LogP contribution in [0.2, 0.25) is 0 Å². The number of hydrogen-bond donors (Lipinski definition) is 0. The first-order valence-electron chi connectivity index (χ1n) is 12.1. The monoisotopic (exact) mass is 451 g/mol. The minimum atomic E-state index is 0.131. The average Bonchev–Trinajstić information content (AvgIpc) is 3.45. The van der Waals surface area contributed by atoms with E-state index in [9.17, 15) is 4.79 Å². The van der Waals surface area contributed by atoms with Crippen molar-refractivity contribution in [3.63, 3.8) is 0 Å². The summed E-state index contributed by atoms with van der Waals surface area (Å²) in [5.41, 5.74) is 6.89. The van der Waals surface area contributed by atoms with Crippen molar-refractivity contribution in [2.75, 3.05) is 31.1 Å². The minimum Gasteiger partial charge on any atom is -0.457 e. The highest BCUT2D eigenvalue weighted by atomic mass is 16.5. The van der Waals surface area contributed by atoms with Gasteiger partial charge < -0.3 is 19.4 Å². The maximum Gasteiger partial charge on any atom is 0.255 e. The van der Waals surface area contributed by atoms with Crippen LogP contribution >= 0.6 is 0 Å². The van der Waals surface area contributed by atoms with Crippen LogP contribution in [0.15, 0.2) is 78.5 Å². The lowest BCUT2D eigenvalue weighted by molar-refractivity contribution is 0.0766. The van der Waals surface area contributed by atoms with Crippen LogP contribution in [0.3, 0.4) is 0 Å². The van der Waals surface area contributed by atoms with E-state index in [1.807, 2.05) is 59.5 Å². The molecule has 34 heavy (non-hydrogen) atoms. The maximum atomic E-state index is 13.2. The molecule has 0 unspecified atom stereocenters. The third-order valence-corrected chi connectivity index (χ3v) is 7.08. The van der Waals surface area contributed by atoms with Crippen LogP contribution < -0.4 is 9.64 Å². The summed E-state index contributed by atoms with van der Waals surface area (Å²) in [6.07, 6.45) is 3.53. The molecule has 172 valence electrons. The summed E-state index contributed by atoms with van der Waals surface area (Å²) in [7, 11) is 0. The lowest BCUT2D eigenvalue weighted by Gasteiger charge is -2.37. The van der Waals surface area contributed by atoms with Crippen LogP contribution in [0.4, 0.5) is 5.69 Å². The zero-order valence-electron chi connectivity index (χ0n) is 19.5. The number of amides is 1. The molecule has 0 N–H and O–H groups in total. The zero-order chi connectivity index (χ0) is 23.1. The summed E-state index contributed by atoms with van der Waals surface area (Å²) in [4.78, 5) is 20.1. The molecule has 0 atom stereocenters. The third-order valence-electron chi connectivity index (χ3n) is 7.08. The van der Waals surface area contributed by atoms with Crippen molar-refractivity contribution in [3.05, 3.63) is 101 Å². The van der Waals surface area contributed by atoms with Crippen LogP contribution in [0.1, 0.15) is 33.5 Å². The van der Waals surface area contributed by atoms with Crippen molar-refractivity contribution in [1.82, 2.24) is 9.80 Å². The number of benzene rings is 3. The number of piperazine rings is 1. The molecular weight excluding hydrogens is 422 g/mol. The molecule has 3 aliphatic heterocycles. The van der Waals surface area contributed by atoms with Gasteiger partial charge in [0.05, 0.1) is 6.54 Å². The fourth-order valence-corrected chi connectivity index (χ4v) is 5.34. The van der Waals surface area contributed by atoms with Crippen molar-refractivity contribution < 1.29 is 9.53 Å². The average molecular weight is 452 g/mol. The van der Waals surface area contributed by atoms with E-state index in [1.165, 1.54) is 11.4 Å². The Morgan fingerprint density at radius 2 is 1.62 bits per heavy atom. The number of nitrogens with zero attached hydrogens (tertiary/aromatic N) is 3. The molecule has 1 amide bonds. The van der Waals surface area contributed by atoms with Crippen molar-refractivity contribution in [2.24, 2.45) is 0 Å². The van der Waals surface area contributed by atoms with E-state index in [2.05, 4.69) is 34.9 Å². The minimum absolute atomic E-state index is 0.131. The number of ether oxygens (including phenoxy) is 1. The molecule has 0 aromatic heterocycles. The number of anilines is 1. The first kappa shape index (κ1) is 20.8. The van der Waals surface area contributed by atoms with Gasteiger partial charge in [-0.05, 0) is 66.4 Å². The second kappa shape index (κ2) is 8.56. The highest BCUT2D eigenvalue weighted by molar-refractivity contribution is 6.00. The molecule has 0 saturated carbocycles. The zero-order valence-corrected chi connectivity index (χ0v) is 19.5. The van der Waals surface area contributed by atoms with E-state index in [0.717, 1.165) is 66.4 Å². The molecule has 3 aromatic carbocycles. The van der Waals surface area contributed by atoms with Crippen molar-refractivity contribution in [1.29, 1.82) is 0 Å². The highest BCUT2D eigenvalue weighted by Gasteiger charge is 2.31. The second-order valence-electron chi connectivity index (χ2n) is 9.41. The summed E-state index contributed by atoms with van der Waals surface area (Å²) in [6.45, 7) is 7.57. The van der Waals surface area contributed by atoms with Gasteiger partial charge in [-0.25, -0.2) is 0 Å². The van der Waals surface area contributed by atoms with Crippen LogP contribution in [0.25, 0.3) is 0 Å². The van der Waals surface area contributed by atoms with Gasteiger partial charge in [-0.15, -0.1) is 0 Å². The van der Waals surface area contributed by atoms with Crippen LogP contribution in [0, 0.1) is 6.92 Å². The smallest absolute Gasteiger partial charge is 0.255 e. The molecule has 0 bridgehead atoms. The van der Waals surface area contributed by atoms with E-state index in [0.29, 0.717) is 13.1 Å². The fourth-order valence-electron chi connectivity index (χ4n) is 5.34. The molecule has 1 saturated heterocycles. The standard InChI is InChI=1S/C29H29N3O2/c1-21-16-25(31-15-14-30-13-5-6-24(30)20-31)17-23-19-32(29(33)28(21)23)18-22-9-11-27(12-10-22)34-26-7-3-2-4-8-26/h2-4,6-12,16-17H,5,13-15,18-20H2,1H3. The number of aryl methyl sites for hydroxylation is 1. The predicted molar refractivity (Wildman–Crippen MR) is 134 cm³/mol. The molecule has 5 heteroatoms. The SMILES string of the molecule is Cc1cc(N2CCN3CCC=C3C2)cc2c1C(=O)N(Cc1ccc(Oc3ccccc3)cc1)C2. The summed E-state index contributed by atoms with van der Waals surface area (Å²) in [6, 6.07) is 22.2. The Morgan fingerprint density at radius 3 is 2.44 bits per heavy atom. The van der Waals surface area contributed by atoms with E-state index in [4.69, 9.17) is 4.74 Å². The molecule has 3 aliphatic rings.